The van der Waals surface area contributed by atoms with E-state index in [-0.39, 0.29) is 0 Å². The van der Waals surface area contributed by atoms with Gasteiger partial charge in [-0.15, -0.1) is 0 Å². The summed E-state index contributed by atoms with van der Waals surface area (Å²) >= 11 is 7.30. The van der Waals surface area contributed by atoms with E-state index in [9.17, 15) is 0 Å². The van der Waals surface area contributed by atoms with Gasteiger partial charge >= 0.3 is 0 Å². The van der Waals surface area contributed by atoms with Gasteiger partial charge in [-0.2, -0.15) is 0 Å². The number of nitrogens with one attached hydrogen (secondary N) is 1. The number of halogens is 2. The number of rotatable bonds is 7. The molecule has 0 radical (unpaired) electrons. The molecule has 0 atom stereocenters. The summed E-state index contributed by atoms with van der Waals surface area (Å²) in [7, 11) is 0. The molecule has 116 valence electrons. The van der Waals surface area contributed by atoms with Crippen molar-refractivity contribution in [2.75, 3.05) is 6.54 Å². The molecule has 2 saturated carbocycles. The van der Waals surface area contributed by atoms with Crippen LogP contribution in [0.1, 0.15) is 56.9 Å². The topological polar surface area (TPSA) is 12.0 Å². The smallest absolute Gasteiger partial charge is 0.0208 e. The van der Waals surface area contributed by atoms with Gasteiger partial charge in [0.15, 0.2) is 0 Å². The molecule has 2 aliphatic rings. The van der Waals surface area contributed by atoms with Crippen LogP contribution < -0.4 is 5.32 Å². The molecule has 0 saturated heterocycles. The first kappa shape index (κ1) is 16.0. The minimum Gasteiger partial charge on any atom is -0.314 e. The summed E-state index contributed by atoms with van der Waals surface area (Å²) in [4.78, 5) is 0. The molecule has 1 aromatic carbocycles. The van der Waals surface area contributed by atoms with Crippen LogP contribution in [0.3, 0.4) is 0 Å². The SMILES string of the molecule is Brc1ccc(Br)c(CCC2(CCNC3CC3)CCCC2)c1. The highest BCUT2D eigenvalue weighted by Gasteiger charge is 2.33. The van der Waals surface area contributed by atoms with Gasteiger partial charge in [0.25, 0.3) is 0 Å². The Morgan fingerprint density at radius 1 is 1.10 bits per heavy atom. The Morgan fingerprint density at radius 2 is 1.86 bits per heavy atom. The van der Waals surface area contributed by atoms with Gasteiger partial charge < -0.3 is 5.32 Å². The third-order valence-electron chi connectivity index (χ3n) is 5.26. The second-order valence-electron chi connectivity index (χ2n) is 6.92. The van der Waals surface area contributed by atoms with E-state index in [4.69, 9.17) is 0 Å². The molecule has 0 bridgehead atoms. The van der Waals surface area contributed by atoms with Gasteiger partial charge in [0.05, 0.1) is 0 Å². The Bertz CT molecular complexity index is 476. The molecule has 0 amide bonds. The molecule has 21 heavy (non-hydrogen) atoms. The summed E-state index contributed by atoms with van der Waals surface area (Å²) < 4.78 is 2.45. The Morgan fingerprint density at radius 3 is 2.57 bits per heavy atom. The van der Waals surface area contributed by atoms with Crippen LogP contribution in [0.25, 0.3) is 0 Å². The highest BCUT2D eigenvalue weighted by molar-refractivity contribution is 9.11. The zero-order valence-corrected chi connectivity index (χ0v) is 15.8. The molecule has 0 aliphatic heterocycles. The van der Waals surface area contributed by atoms with Crippen molar-refractivity contribution in [1.82, 2.24) is 5.32 Å². The fourth-order valence-electron chi connectivity index (χ4n) is 3.71. The second-order valence-corrected chi connectivity index (χ2v) is 8.69. The molecule has 0 spiro atoms. The molecule has 3 heteroatoms. The molecule has 2 fully saturated rings. The first-order chi connectivity index (χ1) is 10.2. The van der Waals surface area contributed by atoms with E-state index in [1.807, 2.05) is 0 Å². The van der Waals surface area contributed by atoms with E-state index in [1.54, 1.807) is 0 Å². The van der Waals surface area contributed by atoms with Gasteiger partial charge in [0.1, 0.15) is 0 Å². The molecule has 0 heterocycles. The molecule has 3 rings (SSSR count). The van der Waals surface area contributed by atoms with Crippen molar-refractivity contribution in [2.24, 2.45) is 5.41 Å². The third kappa shape index (κ3) is 4.56. The van der Waals surface area contributed by atoms with Crippen LogP contribution in [0, 0.1) is 5.41 Å². The first-order valence-electron chi connectivity index (χ1n) is 8.34. The summed E-state index contributed by atoms with van der Waals surface area (Å²) in [5, 5.41) is 3.71. The van der Waals surface area contributed by atoms with E-state index in [0.717, 1.165) is 6.04 Å². The lowest BCUT2D eigenvalue weighted by atomic mass is 9.77. The normalized spacial score (nSPS) is 20.9. The fraction of sp³-hybridized carbons (Fsp3) is 0.667. The van der Waals surface area contributed by atoms with Gasteiger partial charge in [-0.05, 0) is 80.7 Å². The van der Waals surface area contributed by atoms with Gasteiger partial charge in [0.2, 0.25) is 0 Å². The Labute approximate surface area is 145 Å². The monoisotopic (exact) mass is 413 g/mol. The van der Waals surface area contributed by atoms with Gasteiger partial charge in [-0.25, -0.2) is 0 Å². The lowest BCUT2D eigenvalue weighted by Gasteiger charge is -2.29. The van der Waals surface area contributed by atoms with Crippen molar-refractivity contribution < 1.29 is 0 Å². The largest absolute Gasteiger partial charge is 0.314 e. The lowest BCUT2D eigenvalue weighted by molar-refractivity contribution is 0.245. The quantitative estimate of drug-likeness (QED) is 0.590. The average molecular weight is 415 g/mol. The molecular formula is C18H25Br2N. The summed E-state index contributed by atoms with van der Waals surface area (Å²) in [6.45, 7) is 1.23. The molecule has 0 aromatic heterocycles. The highest BCUT2D eigenvalue weighted by Crippen LogP contribution is 2.45. The molecule has 0 unspecified atom stereocenters. The van der Waals surface area contributed by atoms with Crippen LogP contribution in [0.15, 0.2) is 27.1 Å². The third-order valence-corrected chi connectivity index (χ3v) is 6.53. The number of hydrogen-bond donors (Lipinski definition) is 1. The number of benzene rings is 1. The Kier molecular flexibility index (Phi) is 5.45. The van der Waals surface area contributed by atoms with Crippen molar-refractivity contribution in [3.05, 3.63) is 32.7 Å². The Hall–Kier alpha value is 0.140. The van der Waals surface area contributed by atoms with Crippen molar-refractivity contribution in [3.63, 3.8) is 0 Å². The van der Waals surface area contributed by atoms with Gasteiger partial charge in [-0.1, -0.05) is 44.7 Å². The van der Waals surface area contributed by atoms with Crippen LogP contribution >= 0.6 is 31.9 Å². The standard InChI is InChI=1S/C18H25Br2N/c19-15-3-6-17(20)14(13-15)7-10-18(8-1-2-9-18)11-12-21-16-4-5-16/h3,6,13,16,21H,1-2,4-5,7-12H2. The van der Waals surface area contributed by atoms with Crippen LogP contribution in [0.5, 0.6) is 0 Å². The number of hydrogen-bond acceptors (Lipinski definition) is 1. The summed E-state index contributed by atoms with van der Waals surface area (Å²) in [5.41, 5.74) is 2.05. The molecule has 1 nitrogen and oxygen atoms in total. The van der Waals surface area contributed by atoms with Gasteiger partial charge in [0, 0.05) is 15.0 Å². The van der Waals surface area contributed by atoms with Gasteiger partial charge in [-0.3, -0.25) is 0 Å². The fourth-order valence-corrected chi connectivity index (χ4v) is 4.57. The van der Waals surface area contributed by atoms with Crippen LogP contribution in [-0.2, 0) is 6.42 Å². The maximum absolute atomic E-state index is 3.71. The average Bonchev–Trinajstić information content (AvgIpc) is 3.18. The molecule has 2 aliphatic carbocycles. The van der Waals surface area contributed by atoms with Crippen molar-refractivity contribution >= 4 is 31.9 Å². The summed E-state index contributed by atoms with van der Waals surface area (Å²) in [6, 6.07) is 7.39. The number of aryl methyl sites for hydroxylation is 1. The van der Waals surface area contributed by atoms with Crippen LogP contribution in [-0.4, -0.2) is 12.6 Å². The maximum Gasteiger partial charge on any atom is 0.0208 e. The van der Waals surface area contributed by atoms with E-state index >= 15 is 0 Å². The van der Waals surface area contributed by atoms with E-state index in [2.05, 4.69) is 55.4 Å². The van der Waals surface area contributed by atoms with Crippen molar-refractivity contribution in [1.29, 1.82) is 0 Å². The summed E-state index contributed by atoms with van der Waals surface area (Å²) in [6.07, 6.45) is 12.4. The zero-order valence-electron chi connectivity index (χ0n) is 12.6. The molecular weight excluding hydrogens is 390 g/mol. The zero-order chi connectivity index (χ0) is 14.7. The van der Waals surface area contributed by atoms with Crippen molar-refractivity contribution in [2.45, 2.75) is 63.8 Å². The second kappa shape index (κ2) is 7.14. The minimum atomic E-state index is 0.601. The Balaban J connectivity index is 1.57. The lowest BCUT2D eigenvalue weighted by Crippen LogP contribution is -2.26. The van der Waals surface area contributed by atoms with E-state index in [0.29, 0.717) is 5.41 Å². The summed E-state index contributed by atoms with van der Waals surface area (Å²) in [5.74, 6) is 0. The molecule has 1 aromatic rings. The van der Waals surface area contributed by atoms with E-state index < -0.39 is 0 Å². The molecule has 1 N–H and O–H groups in total. The van der Waals surface area contributed by atoms with Crippen molar-refractivity contribution in [3.8, 4) is 0 Å². The van der Waals surface area contributed by atoms with E-state index in [1.165, 1.54) is 78.8 Å². The van der Waals surface area contributed by atoms with Crippen LogP contribution in [0.4, 0.5) is 0 Å². The predicted molar refractivity (Wildman–Crippen MR) is 96.7 cm³/mol. The predicted octanol–water partition coefficient (Wildman–Crippen LogP) is 5.85. The minimum absolute atomic E-state index is 0.601. The van der Waals surface area contributed by atoms with Crippen LogP contribution in [0.2, 0.25) is 0 Å². The first-order valence-corrected chi connectivity index (χ1v) is 9.93. The maximum atomic E-state index is 3.71. The highest BCUT2D eigenvalue weighted by atomic mass is 79.9.